The van der Waals surface area contributed by atoms with E-state index in [-0.39, 0.29) is 15.6 Å². The van der Waals surface area contributed by atoms with E-state index >= 15 is 0 Å². The molecule has 0 unspecified atom stereocenters. The Bertz CT molecular complexity index is 457. The van der Waals surface area contributed by atoms with E-state index in [4.69, 9.17) is 5.11 Å². The highest BCUT2D eigenvalue weighted by Gasteiger charge is 2.19. The summed E-state index contributed by atoms with van der Waals surface area (Å²) in [4.78, 5) is 30.9. The number of carboxylic acids is 1. The molecule has 0 atom stereocenters. The molecule has 0 bridgehead atoms. The van der Waals surface area contributed by atoms with Gasteiger partial charge in [-0.1, -0.05) is 0 Å². The predicted octanol–water partition coefficient (Wildman–Crippen LogP) is 1.87. The summed E-state index contributed by atoms with van der Waals surface area (Å²) in [6.07, 6.45) is 0.331. The molecule has 15 heavy (non-hydrogen) atoms. The zero-order valence-electron chi connectivity index (χ0n) is 7.14. The van der Waals surface area contributed by atoms with Crippen LogP contribution in [0, 0.1) is 10.1 Å². The Kier molecular flexibility index (Phi) is 3.15. The molecular weight excluding hydrogens is 270 g/mol. The van der Waals surface area contributed by atoms with Gasteiger partial charge in [0.25, 0.3) is 5.69 Å². The van der Waals surface area contributed by atoms with E-state index in [9.17, 15) is 19.7 Å². The van der Waals surface area contributed by atoms with Gasteiger partial charge in [0.1, 0.15) is 0 Å². The number of benzene rings is 1. The van der Waals surface area contributed by atoms with Crippen molar-refractivity contribution < 1.29 is 19.6 Å². The van der Waals surface area contributed by atoms with Crippen molar-refractivity contribution in [1.29, 1.82) is 0 Å². The fourth-order valence-corrected chi connectivity index (χ4v) is 1.51. The highest BCUT2D eigenvalue weighted by Crippen LogP contribution is 2.27. The van der Waals surface area contributed by atoms with E-state index in [1.807, 2.05) is 0 Å². The molecule has 0 saturated heterocycles. The number of carboxylic acid groups (broad SMARTS) is 1. The van der Waals surface area contributed by atoms with E-state index in [1.54, 1.807) is 0 Å². The Labute approximate surface area is 91.8 Å². The predicted molar refractivity (Wildman–Crippen MR) is 53.1 cm³/mol. The topological polar surface area (TPSA) is 97.5 Å². The fraction of sp³-hybridized carbons (Fsp3) is 0. The first-order valence-electron chi connectivity index (χ1n) is 3.63. The minimum atomic E-state index is -1.38. The highest BCUT2D eigenvalue weighted by molar-refractivity contribution is 9.10. The molecule has 1 N–H and O–H groups in total. The molecule has 0 saturated carbocycles. The molecule has 0 heterocycles. The number of rotatable bonds is 3. The Morgan fingerprint density at radius 2 is 2.13 bits per heavy atom. The summed E-state index contributed by atoms with van der Waals surface area (Å²) in [6, 6.07) is 1.95. The van der Waals surface area contributed by atoms with Crippen LogP contribution in [-0.4, -0.2) is 22.3 Å². The van der Waals surface area contributed by atoms with E-state index < -0.39 is 16.6 Å². The monoisotopic (exact) mass is 273 g/mol. The first kappa shape index (κ1) is 11.3. The molecule has 1 rings (SSSR count). The largest absolute Gasteiger partial charge is 0.478 e. The minimum Gasteiger partial charge on any atom is -0.478 e. The first-order valence-corrected chi connectivity index (χ1v) is 4.43. The number of nitro groups is 1. The standard InChI is InChI=1S/C8H4BrNO5/c9-6-1-4(3-11)5(8(12)13)2-7(6)10(14)15/h1-3H,(H,12,13). The van der Waals surface area contributed by atoms with Crippen LogP contribution < -0.4 is 0 Å². The third kappa shape index (κ3) is 2.18. The maximum Gasteiger partial charge on any atom is 0.336 e. The van der Waals surface area contributed by atoms with E-state index in [0.717, 1.165) is 12.1 Å². The molecule has 0 amide bonds. The lowest BCUT2D eigenvalue weighted by atomic mass is 10.1. The van der Waals surface area contributed by atoms with Crippen molar-refractivity contribution in [3.8, 4) is 0 Å². The summed E-state index contributed by atoms with van der Waals surface area (Å²) >= 11 is 2.88. The Hall–Kier alpha value is -1.76. The number of hydrogen-bond acceptors (Lipinski definition) is 4. The maximum absolute atomic E-state index is 10.7. The number of hydrogen-bond donors (Lipinski definition) is 1. The zero-order valence-corrected chi connectivity index (χ0v) is 8.72. The van der Waals surface area contributed by atoms with E-state index in [2.05, 4.69) is 15.9 Å². The quantitative estimate of drug-likeness (QED) is 0.515. The number of halogens is 1. The third-order valence-corrected chi connectivity index (χ3v) is 2.31. The van der Waals surface area contributed by atoms with Crippen LogP contribution in [0.15, 0.2) is 16.6 Å². The maximum atomic E-state index is 10.7. The second-order valence-corrected chi connectivity index (χ2v) is 3.43. The smallest absolute Gasteiger partial charge is 0.336 e. The van der Waals surface area contributed by atoms with Crippen LogP contribution in [0.2, 0.25) is 0 Å². The minimum absolute atomic E-state index is 0.0691. The van der Waals surface area contributed by atoms with Crippen LogP contribution >= 0.6 is 15.9 Å². The van der Waals surface area contributed by atoms with Gasteiger partial charge in [-0.05, 0) is 22.0 Å². The van der Waals surface area contributed by atoms with Crippen molar-refractivity contribution in [2.45, 2.75) is 0 Å². The van der Waals surface area contributed by atoms with Gasteiger partial charge >= 0.3 is 5.97 Å². The second kappa shape index (κ2) is 4.18. The number of aldehydes is 1. The summed E-state index contributed by atoms with van der Waals surface area (Å²) in [5, 5.41) is 19.2. The summed E-state index contributed by atoms with van der Waals surface area (Å²) in [6.45, 7) is 0. The lowest BCUT2D eigenvalue weighted by Crippen LogP contribution is -2.03. The average Bonchev–Trinajstić information content (AvgIpc) is 2.16. The molecule has 0 aliphatic rings. The SMILES string of the molecule is O=Cc1cc(Br)c([N+](=O)[O-])cc1C(=O)O. The van der Waals surface area contributed by atoms with E-state index in [1.165, 1.54) is 0 Å². The second-order valence-electron chi connectivity index (χ2n) is 2.57. The van der Waals surface area contributed by atoms with Gasteiger partial charge in [0, 0.05) is 11.6 Å². The Balaban J connectivity index is 3.50. The van der Waals surface area contributed by atoms with Crippen molar-refractivity contribution in [3.05, 3.63) is 37.8 Å². The Morgan fingerprint density at radius 1 is 1.53 bits per heavy atom. The van der Waals surface area contributed by atoms with Crippen molar-refractivity contribution in [3.63, 3.8) is 0 Å². The zero-order chi connectivity index (χ0) is 11.6. The molecular formula is C8H4BrNO5. The van der Waals surface area contributed by atoms with Crippen molar-refractivity contribution in [2.75, 3.05) is 0 Å². The number of nitrogens with zero attached hydrogens (tertiary/aromatic N) is 1. The molecule has 0 spiro atoms. The summed E-state index contributed by atoms with van der Waals surface area (Å²) in [5.74, 6) is -1.38. The molecule has 78 valence electrons. The van der Waals surface area contributed by atoms with Gasteiger partial charge in [-0.2, -0.15) is 0 Å². The average molecular weight is 274 g/mol. The van der Waals surface area contributed by atoms with Crippen molar-refractivity contribution >= 4 is 33.9 Å². The van der Waals surface area contributed by atoms with Gasteiger partial charge < -0.3 is 5.11 Å². The van der Waals surface area contributed by atoms with Gasteiger partial charge in [0.15, 0.2) is 6.29 Å². The van der Waals surface area contributed by atoms with Crippen LogP contribution in [0.5, 0.6) is 0 Å². The number of aromatic carboxylic acids is 1. The highest BCUT2D eigenvalue weighted by atomic mass is 79.9. The fourth-order valence-electron chi connectivity index (χ4n) is 1.000. The summed E-state index contributed by atoms with van der Waals surface area (Å²) in [7, 11) is 0. The normalized spacial score (nSPS) is 9.67. The lowest BCUT2D eigenvalue weighted by Gasteiger charge is -2.01. The molecule has 0 aliphatic carbocycles. The molecule has 0 aliphatic heterocycles. The molecule has 7 heteroatoms. The molecule has 1 aromatic carbocycles. The molecule has 0 fully saturated rings. The van der Waals surface area contributed by atoms with Crippen LogP contribution in [-0.2, 0) is 0 Å². The number of nitro benzene ring substituents is 1. The summed E-state index contributed by atoms with van der Waals surface area (Å²) in [5.41, 5.74) is -0.891. The van der Waals surface area contributed by atoms with Gasteiger partial charge in [0.05, 0.1) is 15.0 Å². The molecule has 1 aromatic rings. The van der Waals surface area contributed by atoms with Gasteiger partial charge in [-0.3, -0.25) is 14.9 Å². The van der Waals surface area contributed by atoms with Crippen LogP contribution in [0.1, 0.15) is 20.7 Å². The van der Waals surface area contributed by atoms with Gasteiger partial charge in [-0.15, -0.1) is 0 Å². The lowest BCUT2D eigenvalue weighted by molar-refractivity contribution is -0.385. The van der Waals surface area contributed by atoms with Crippen LogP contribution in [0.4, 0.5) is 5.69 Å². The summed E-state index contributed by atoms with van der Waals surface area (Å²) < 4.78 is 0.0691. The Morgan fingerprint density at radius 3 is 2.53 bits per heavy atom. The van der Waals surface area contributed by atoms with Gasteiger partial charge in [-0.25, -0.2) is 4.79 Å². The van der Waals surface area contributed by atoms with Crippen LogP contribution in [0.25, 0.3) is 0 Å². The van der Waals surface area contributed by atoms with E-state index in [0.29, 0.717) is 6.29 Å². The first-order chi connectivity index (χ1) is 6.97. The molecule has 0 radical (unpaired) electrons. The number of carbonyl (C=O) groups excluding carboxylic acids is 1. The third-order valence-electron chi connectivity index (χ3n) is 1.67. The van der Waals surface area contributed by atoms with Crippen molar-refractivity contribution in [2.24, 2.45) is 0 Å². The number of carbonyl (C=O) groups is 2. The molecule has 0 aromatic heterocycles. The molecule has 6 nitrogen and oxygen atoms in total. The van der Waals surface area contributed by atoms with Crippen LogP contribution in [0.3, 0.4) is 0 Å². The van der Waals surface area contributed by atoms with Crippen molar-refractivity contribution in [1.82, 2.24) is 0 Å². The van der Waals surface area contributed by atoms with Gasteiger partial charge in [0.2, 0.25) is 0 Å².